The van der Waals surface area contributed by atoms with Crippen molar-refractivity contribution in [3.8, 4) is 0 Å². The standard InChI is InChI=1S/C11H12F2O2/c12-9-5-8(6-10(13)7-9)1-2-11-14-3-4-15-11/h5-7,11H,1-4H2. The average Bonchev–Trinajstić information content (AvgIpc) is 2.65. The van der Waals surface area contributed by atoms with Crippen LogP contribution in [0.5, 0.6) is 0 Å². The smallest absolute Gasteiger partial charge is 0.158 e. The molecule has 1 aliphatic heterocycles. The van der Waals surface area contributed by atoms with Crippen LogP contribution >= 0.6 is 0 Å². The van der Waals surface area contributed by atoms with Crippen molar-refractivity contribution in [2.45, 2.75) is 19.1 Å². The van der Waals surface area contributed by atoms with Gasteiger partial charge in [0, 0.05) is 12.5 Å². The summed E-state index contributed by atoms with van der Waals surface area (Å²) in [6.07, 6.45) is 0.957. The molecule has 1 heterocycles. The van der Waals surface area contributed by atoms with E-state index in [0.29, 0.717) is 31.6 Å². The van der Waals surface area contributed by atoms with Gasteiger partial charge in [-0.1, -0.05) is 0 Å². The molecule has 0 atom stereocenters. The highest BCUT2D eigenvalue weighted by atomic mass is 19.1. The summed E-state index contributed by atoms with van der Waals surface area (Å²) in [4.78, 5) is 0. The van der Waals surface area contributed by atoms with Gasteiger partial charge in [0.25, 0.3) is 0 Å². The summed E-state index contributed by atoms with van der Waals surface area (Å²) in [5, 5.41) is 0. The summed E-state index contributed by atoms with van der Waals surface area (Å²) >= 11 is 0. The number of aryl methyl sites for hydroxylation is 1. The van der Waals surface area contributed by atoms with Gasteiger partial charge in [0.2, 0.25) is 0 Å². The molecule has 4 heteroatoms. The Balaban J connectivity index is 1.92. The molecule has 0 N–H and O–H groups in total. The molecule has 0 aromatic heterocycles. The van der Waals surface area contributed by atoms with E-state index < -0.39 is 11.6 Å². The van der Waals surface area contributed by atoms with Crippen LogP contribution in [-0.2, 0) is 15.9 Å². The van der Waals surface area contributed by atoms with Crippen molar-refractivity contribution in [2.75, 3.05) is 13.2 Å². The minimum Gasteiger partial charge on any atom is -0.350 e. The van der Waals surface area contributed by atoms with E-state index in [2.05, 4.69) is 0 Å². The summed E-state index contributed by atoms with van der Waals surface area (Å²) in [5.74, 6) is -1.09. The van der Waals surface area contributed by atoms with Gasteiger partial charge < -0.3 is 9.47 Å². The number of rotatable bonds is 3. The van der Waals surface area contributed by atoms with E-state index in [1.165, 1.54) is 12.1 Å². The minimum atomic E-state index is -0.543. The highest BCUT2D eigenvalue weighted by Crippen LogP contribution is 2.14. The van der Waals surface area contributed by atoms with Crippen LogP contribution in [0.1, 0.15) is 12.0 Å². The van der Waals surface area contributed by atoms with Crippen molar-refractivity contribution in [1.29, 1.82) is 0 Å². The molecular formula is C11H12F2O2. The monoisotopic (exact) mass is 214 g/mol. The second-order valence-electron chi connectivity index (χ2n) is 3.49. The van der Waals surface area contributed by atoms with Crippen LogP contribution in [0.2, 0.25) is 0 Å². The zero-order chi connectivity index (χ0) is 10.7. The summed E-state index contributed by atoms with van der Waals surface area (Å²) in [6.45, 7) is 1.20. The third-order valence-electron chi connectivity index (χ3n) is 2.28. The van der Waals surface area contributed by atoms with E-state index >= 15 is 0 Å². The lowest BCUT2D eigenvalue weighted by Gasteiger charge is -2.08. The molecule has 1 aromatic rings. The lowest BCUT2D eigenvalue weighted by Crippen LogP contribution is -2.08. The van der Waals surface area contributed by atoms with E-state index in [0.717, 1.165) is 6.07 Å². The number of ether oxygens (including phenoxy) is 2. The Morgan fingerprint density at radius 3 is 2.27 bits per heavy atom. The van der Waals surface area contributed by atoms with Crippen LogP contribution in [0, 0.1) is 11.6 Å². The molecule has 0 aliphatic carbocycles. The van der Waals surface area contributed by atoms with Crippen molar-refractivity contribution in [2.24, 2.45) is 0 Å². The SMILES string of the molecule is Fc1cc(F)cc(CCC2OCCO2)c1. The Labute approximate surface area is 86.8 Å². The number of hydrogen-bond acceptors (Lipinski definition) is 2. The van der Waals surface area contributed by atoms with Gasteiger partial charge in [-0.15, -0.1) is 0 Å². The van der Waals surface area contributed by atoms with Crippen LogP contribution < -0.4 is 0 Å². The first-order valence-corrected chi connectivity index (χ1v) is 4.92. The quantitative estimate of drug-likeness (QED) is 0.768. The molecule has 1 aliphatic rings. The maximum Gasteiger partial charge on any atom is 0.158 e. The van der Waals surface area contributed by atoms with Crippen molar-refractivity contribution >= 4 is 0 Å². The predicted molar refractivity (Wildman–Crippen MR) is 50.4 cm³/mol. The van der Waals surface area contributed by atoms with Crippen molar-refractivity contribution < 1.29 is 18.3 Å². The normalized spacial score (nSPS) is 17.2. The molecule has 0 amide bonds. The highest BCUT2D eigenvalue weighted by molar-refractivity contribution is 5.17. The first kappa shape index (κ1) is 10.5. The van der Waals surface area contributed by atoms with Gasteiger partial charge in [0.15, 0.2) is 6.29 Å². The zero-order valence-electron chi connectivity index (χ0n) is 8.21. The molecule has 0 saturated carbocycles. The van der Waals surface area contributed by atoms with Crippen LogP contribution in [0.15, 0.2) is 18.2 Å². The fourth-order valence-corrected chi connectivity index (χ4v) is 1.61. The van der Waals surface area contributed by atoms with Crippen LogP contribution in [0.4, 0.5) is 8.78 Å². The van der Waals surface area contributed by atoms with E-state index in [4.69, 9.17) is 9.47 Å². The van der Waals surface area contributed by atoms with E-state index in [9.17, 15) is 8.78 Å². The second kappa shape index (κ2) is 4.68. The Kier molecular flexibility index (Phi) is 3.28. The molecule has 2 nitrogen and oxygen atoms in total. The van der Waals surface area contributed by atoms with E-state index in [-0.39, 0.29) is 6.29 Å². The number of halogens is 2. The van der Waals surface area contributed by atoms with Gasteiger partial charge in [0.05, 0.1) is 13.2 Å². The first-order valence-electron chi connectivity index (χ1n) is 4.92. The van der Waals surface area contributed by atoms with Crippen molar-refractivity contribution in [1.82, 2.24) is 0 Å². The minimum absolute atomic E-state index is 0.226. The van der Waals surface area contributed by atoms with Crippen molar-refractivity contribution in [3.05, 3.63) is 35.4 Å². The van der Waals surface area contributed by atoms with E-state index in [1.807, 2.05) is 0 Å². The summed E-state index contributed by atoms with van der Waals surface area (Å²) in [5.41, 5.74) is 0.631. The third-order valence-corrected chi connectivity index (χ3v) is 2.28. The summed E-state index contributed by atoms with van der Waals surface area (Å²) < 4.78 is 36.1. The predicted octanol–water partition coefficient (Wildman–Crippen LogP) is 2.27. The van der Waals surface area contributed by atoms with Gasteiger partial charge in [0.1, 0.15) is 11.6 Å². The maximum absolute atomic E-state index is 12.8. The molecule has 82 valence electrons. The molecule has 0 unspecified atom stereocenters. The zero-order valence-corrected chi connectivity index (χ0v) is 8.21. The van der Waals surface area contributed by atoms with E-state index in [1.54, 1.807) is 0 Å². The molecule has 2 rings (SSSR count). The maximum atomic E-state index is 12.8. The van der Waals surface area contributed by atoms with Gasteiger partial charge in [-0.2, -0.15) is 0 Å². The number of hydrogen-bond donors (Lipinski definition) is 0. The third kappa shape index (κ3) is 2.97. The Bertz CT molecular complexity index is 315. The molecule has 0 radical (unpaired) electrons. The lowest BCUT2D eigenvalue weighted by atomic mass is 10.1. The Morgan fingerprint density at radius 2 is 1.67 bits per heavy atom. The second-order valence-corrected chi connectivity index (χ2v) is 3.49. The van der Waals surface area contributed by atoms with Crippen molar-refractivity contribution in [3.63, 3.8) is 0 Å². The highest BCUT2D eigenvalue weighted by Gasteiger charge is 2.15. The van der Waals surface area contributed by atoms with Gasteiger partial charge in [-0.25, -0.2) is 8.78 Å². The van der Waals surface area contributed by atoms with Crippen LogP contribution in [-0.4, -0.2) is 19.5 Å². The molecule has 1 fully saturated rings. The summed E-state index contributed by atoms with van der Waals surface area (Å²) in [7, 11) is 0. The van der Waals surface area contributed by atoms with Gasteiger partial charge in [-0.05, 0) is 24.1 Å². The van der Waals surface area contributed by atoms with Crippen LogP contribution in [0.3, 0.4) is 0 Å². The topological polar surface area (TPSA) is 18.5 Å². The molecule has 1 aromatic carbocycles. The fourth-order valence-electron chi connectivity index (χ4n) is 1.61. The molecular weight excluding hydrogens is 202 g/mol. The Hall–Kier alpha value is -1.00. The number of benzene rings is 1. The molecule has 0 bridgehead atoms. The van der Waals surface area contributed by atoms with Crippen LogP contribution in [0.25, 0.3) is 0 Å². The summed E-state index contributed by atoms with van der Waals surface area (Å²) in [6, 6.07) is 3.53. The first-order chi connectivity index (χ1) is 7.24. The Morgan fingerprint density at radius 1 is 1.07 bits per heavy atom. The fraction of sp³-hybridized carbons (Fsp3) is 0.455. The molecule has 1 saturated heterocycles. The average molecular weight is 214 g/mol. The van der Waals surface area contributed by atoms with Gasteiger partial charge >= 0.3 is 0 Å². The lowest BCUT2D eigenvalue weighted by molar-refractivity contribution is -0.0462. The largest absolute Gasteiger partial charge is 0.350 e. The molecule has 0 spiro atoms. The van der Waals surface area contributed by atoms with Gasteiger partial charge in [-0.3, -0.25) is 0 Å². The molecule has 15 heavy (non-hydrogen) atoms.